The Morgan fingerprint density at radius 2 is 1.88 bits per heavy atom. The molecular weight excluding hydrogens is 370 g/mol. The zero-order chi connectivity index (χ0) is 18.0. The fourth-order valence-corrected chi connectivity index (χ4v) is 3.39. The Morgan fingerprint density at radius 1 is 1.16 bits per heavy atom. The third kappa shape index (κ3) is 3.49. The lowest BCUT2D eigenvalue weighted by atomic mass is 10.1. The van der Waals surface area contributed by atoms with Crippen molar-refractivity contribution >= 4 is 33.2 Å². The smallest absolute Gasteiger partial charge is 0.269 e. The van der Waals surface area contributed by atoms with Crippen molar-refractivity contribution in [3.8, 4) is 0 Å². The van der Waals surface area contributed by atoms with Gasteiger partial charge in [0.1, 0.15) is 0 Å². The number of Topliss-reactive ketones (excluding diaryl/α,β-unsaturated/α-hetero) is 2. The summed E-state index contributed by atoms with van der Waals surface area (Å²) in [5.74, 6) is -2.01. The van der Waals surface area contributed by atoms with Crippen molar-refractivity contribution < 1.29 is 18.0 Å². The predicted octanol–water partition coefficient (Wildman–Crippen LogP) is 0.886. The number of benzene rings is 1. The van der Waals surface area contributed by atoms with Gasteiger partial charge >= 0.3 is 0 Å². The van der Waals surface area contributed by atoms with Crippen molar-refractivity contribution in [3.05, 3.63) is 59.1 Å². The van der Waals surface area contributed by atoms with E-state index in [2.05, 4.69) is 20.6 Å². The first-order valence-electron chi connectivity index (χ1n) is 6.87. The van der Waals surface area contributed by atoms with Gasteiger partial charge in [0, 0.05) is 23.8 Å². The lowest BCUT2D eigenvalue weighted by Gasteiger charge is -2.05. The Hall–Kier alpha value is -2.85. The van der Waals surface area contributed by atoms with E-state index in [-0.39, 0.29) is 17.1 Å². The van der Waals surface area contributed by atoms with E-state index in [4.69, 9.17) is 11.6 Å². The number of tetrazole rings is 1. The van der Waals surface area contributed by atoms with Crippen LogP contribution >= 0.6 is 11.6 Å². The summed E-state index contributed by atoms with van der Waals surface area (Å²) in [4.78, 5) is 23.8. The van der Waals surface area contributed by atoms with Gasteiger partial charge in [0.15, 0.2) is 0 Å². The summed E-state index contributed by atoms with van der Waals surface area (Å²) in [5, 5.41) is 12.6. The molecular formula is C14H10ClN5O4S. The average Bonchev–Trinajstić information content (AvgIpc) is 3.26. The van der Waals surface area contributed by atoms with Crippen molar-refractivity contribution in [1.29, 1.82) is 0 Å². The van der Waals surface area contributed by atoms with Crippen LogP contribution in [0.3, 0.4) is 0 Å². The fraction of sp³-hybridized carbons (Fsp3) is 0.0714. The van der Waals surface area contributed by atoms with Crippen LogP contribution in [0.25, 0.3) is 0 Å². The van der Waals surface area contributed by atoms with Crippen molar-refractivity contribution in [2.24, 2.45) is 0 Å². The van der Waals surface area contributed by atoms with E-state index in [0.29, 0.717) is 10.6 Å². The Bertz CT molecular complexity index is 1030. The van der Waals surface area contributed by atoms with Gasteiger partial charge in [0.2, 0.25) is 11.6 Å². The molecule has 0 radical (unpaired) electrons. The summed E-state index contributed by atoms with van der Waals surface area (Å²) in [5.41, 5.74) is 0.361. The molecule has 0 aliphatic heterocycles. The van der Waals surface area contributed by atoms with Gasteiger partial charge in [-0.15, -0.1) is 10.2 Å². The number of hydrogen-bond donors (Lipinski definition) is 1. The molecule has 25 heavy (non-hydrogen) atoms. The number of nitrogens with one attached hydrogen (secondary N) is 1. The number of rotatable bonds is 6. The Morgan fingerprint density at radius 3 is 2.52 bits per heavy atom. The van der Waals surface area contributed by atoms with Crippen LogP contribution in [-0.2, 0) is 21.2 Å². The maximum absolute atomic E-state index is 12.5. The number of carbonyl (C=O) groups excluding carboxylic acids is 2. The van der Waals surface area contributed by atoms with Gasteiger partial charge in [-0.25, -0.2) is 12.4 Å². The van der Waals surface area contributed by atoms with Crippen LogP contribution in [-0.4, -0.2) is 44.6 Å². The van der Waals surface area contributed by atoms with Crippen LogP contribution in [0, 0.1) is 0 Å². The van der Waals surface area contributed by atoms with E-state index < -0.39 is 21.6 Å². The molecule has 3 aromatic rings. The van der Waals surface area contributed by atoms with E-state index in [1.54, 1.807) is 0 Å². The number of ketones is 2. The number of aromatic amines is 1. The average molecular weight is 380 g/mol. The number of aromatic nitrogens is 5. The number of nitrogens with zero attached hydrogens (tertiary/aromatic N) is 4. The number of carbonyl (C=O) groups is 2. The van der Waals surface area contributed by atoms with Gasteiger partial charge in [0.25, 0.3) is 15.8 Å². The van der Waals surface area contributed by atoms with Gasteiger partial charge in [-0.1, -0.05) is 11.6 Å². The van der Waals surface area contributed by atoms with E-state index in [9.17, 15) is 18.0 Å². The molecule has 0 unspecified atom stereocenters. The Labute approximate surface area is 146 Å². The van der Waals surface area contributed by atoms with Crippen molar-refractivity contribution in [1.82, 2.24) is 24.6 Å². The maximum atomic E-state index is 12.5. The second-order valence-electron chi connectivity index (χ2n) is 4.97. The molecule has 2 heterocycles. The zero-order valence-electron chi connectivity index (χ0n) is 12.5. The van der Waals surface area contributed by atoms with E-state index in [1.807, 2.05) is 0 Å². The first-order chi connectivity index (χ1) is 11.9. The van der Waals surface area contributed by atoms with Crippen LogP contribution in [0.1, 0.15) is 16.2 Å². The lowest BCUT2D eigenvalue weighted by Crippen LogP contribution is -2.18. The van der Waals surface area contributed by atoms with Gasteiger partial charge < -0.3 is 0 Å². The second-order valence-corrected chi connectivity index (χ2v) is 7.25. The van der Waals surface area contributed by atoms with Crippen LogP contribution in [0.2, 0.25) is 5.02 Å². The van der Waals surface area contributed by atoms with Gasteiger partial charge in [-0.3, -0.25) is 9.59 Å². The third-order valence-corrected chi connectivity index (χ3v) is 5.19. The monoisotopic (exact) mass is 379 g/mol. The molecule has 1 aromatic carbocycles. The predicted molar refractivity (Wildman–Crippen MR) is 85.7 cm³/mol. The normalized spacial score (nSPS) is 11.4. The van der Waals surface area contributed by atoms with Crippen LogP contribution in [0.5, 0.6) is 0 Å². The summed E-state index contributed by atoms with van der Waals surface area (Å²) in [6.45, 7) is 0. The number of hydrogen-bond acceptors (Lipinski definition) is 7. The summed E-state index contributed by atoms with van der Waals surface area (Å²) < 4.78 is 26.0. The summed E-state index contributed by atoms with van der Waals surface area (Å²) in [6, 6.07) is 7.12. The molecule has 1 N–H and O–H groups in total. The highest BCUT2D eigenvalue weighted by Crippen LogP contribution is 2.18. The first-order valence-corrected chi connectivity index (χ1v) is 8.69. The molecule has 2 aromatic heterocycles. The fourth-order valence-electron chi connectivity index (χ4n) is 2.05. The first kappa shape index (κ1) is 17.0. The highest BCUT2D eigenvalue weighted by Gasteiger charge is 2.22. The number of halogens is 1. The van der Waals surface area contributed by atoms with Crippen molar-refractivity contribution in [2.45, 2.75) is 11.3 Å². The minimum absolute atomic E-state index is 0.0493. The molecule has 0 bridgehead atoms. The SMILES string of the molecule is O=C(Cc1ccn(S(=O)(=O)c2ccc(Cl)cc2)c1)C(=O)c1nn[nH]n1. The van der Waals surface area contributed by atoms with E-state index >= 15 is 0 Å². The maximum Gasteiger partial charge on any atom is 0.269 e. The zero-order valence-corrected chi connectivity index (χ0v) is 14.0. The third-order valence-electron chi connectivity index (χ3n) is 3.28. The number of H-pyrrole nitrogens is 1. The van der Waals surface area contributed by atoms with Crippen molar-refractivity contribution in [2.75, 3.05) is 0 Å². The minimum atomic E-state index is -3.81. The molecule has 0 atom stereocenters. The van der Waals surface area contributed by atoms with Gasteiger partial charge in [-0.05, 0) is 41.1 Å². The largest absolute Gasteiger partial charge is 0.290 e. The van der Waals surface area contributed by atoms with Gasteiger partial charge in [-0.2, -0.15) is 5.21 Å². The lowest BCUT2D eigenvalue weighted by molar-refractivity contribution is -0.114. The molecule has 0 aliphatic carbocycles. The standard InChI is InChI=1S/C14H10ClN5O4S/c15-10-1-3-11(4-2-10)25(23,24)20-6-5-9(8-20)7-12(21)13(22)14-16-18-19-17-14/h1-6,8H,7H2,(H,16,17,18,19). The van der Waals surface area contributed by atoms with E-state index in [0.717, 1.165) is 3.97 Å². The molecule has 0 spiro atoms. The van der Waals surface area contributed by atoms with Crippen LogP contribution in [0.4, 0.5) is 0 Å². The molecule has 9 nitrogen and oxygen atoms in total. The Balaban J connectivity index is 1.79. The molecule has 3 rings (SSSR count). The summed E-state index contributed by atoms with van der Waals surface area (Å²) >= 11 is 5.75. The molecule has 11 heteroatoms. The second kappa shape index (κ2) is 6.57. The molecule has 0 aliphatic rings. The topological polar surface area (TPSA) is 128 Å². The summed E-state index contributed by atoms with van der Waals surface area (Å²) in [6.07, 6.45) is 2.28. The van der Waals surface area contributed by atoms with E-state index in [1.165, 1.54) is 42.7 Å². The highest BCUT2D eigenvalue weighted by atomic mass is 35.5. The van der Waals surface area contributed by atoms with Crippen molar-refractivity contribution in [3.63, 3.8) is 0 Å². The molecule has 0 saturated carbocycles. The quantitative estimate of drug-likeness (QED) is 0.497. The van der Waals surface area contributed by atoms with Crippen LogP contribution < -0.4 is 0 Å². The Kier molecular flexibility index (Phi) is 4.47. The molecule has 0 amide bonds. The van der Waals surface area contributed by atoms with Gasteiger partial charge in [0.05, 0.1) is 4.90 Å². The minimum Gasteiger partial charge on any atom is -0.290 e. The molecule has 128 valence electrons. The van der Waals surface area contributed by atoms with Crippen LogP contribution in [0.15, 0.2) is 47.6 Å². The highest BCUT2D eigenvalue weighted by molar-refractivity contribution is 7.90. The molecule has 0 saturated heterocycles. The molecule has 0 fully saturated rings. The summed E-state index contributed by atoms with van der Waals surface area (Å²) in [7, 11) is -3.81.